The van der Waals surface area contributed by atoms with Crippen molar-refractivity contribution < 1.29 is 8.78 Å². The monoisotopic (exact) mass is 278 g/mol. The molecule has 2 rings (SSSR count). The molecule has 2 aromatic rings. The SMILES string of the molecule is NCC(F)(F)CNc1nc(Cl)nc2ccsc12. The van der Waals surface area contributed by atoms with Crippen LogP contribution in [-0.4, -0.2) is 29.0 Å². The molecule has 17 heavy (non-hydrogen) atoms. The largest absolute Gasteiger partial charge is 0.363 e. The average molecular weight is 279 g/mol. The zero-order valence-electron chi connectivity index (χ0n) is 8.58. The standard InChI is InChI=1S/C9H9ClF2N4S/c10-8-15-5-1-2-17-6(5)7(16-8)14-4-9(11,12)3-13/h1-2H,3-4,13H2,(H,14,15,16). The quantitative estimate of drug-likeness (QED) is 0.843. The van der Waals surface area contributed by atoms with Crippen molar-refractivity contribution in [1.29, 1.82) is 0 Å². The van der Waals surface area contributed by atoms with Gasteiger partial charge in [0.2, 0.25) is 5.28 Å². The van der Waals surface area contributed by atoms with E-state index >= 15 is 0 Å². The molecule has 92 valence electrons. The van der Waals surface area contributed by atoms with E-state index in [1.165, 1.54) is 11.3 Å². The molecule has 0 atom stereocenters. The first-order chi connectivity index (χ1) is 8.02. The molecule has 0 aromatic carbocycles. The highest BCUT2D eigenvalue weighted by atomic mass is 35.5. The Bertz CT molecular complexity index is 531. The number of alkyl halides is 2. The first-order valence-electron chi connectivity index (χ1n) is 4.74. The number of anilines is 1. The molecule has 8 heteroatoms. The van der Waals surface area contributed by atoms with Gasteiger partial charge in [-0.1, -0.05) is 0 Å². The number of aromatic nitrogens is 2. The Morgan fingerprint density at radius 1 is 1.47 bits per heavy atom. The minimum atomic E-state index is -2.97. The van der Waals surface area contributed by atoms with E-state index < -0.39 is 19.0 Å². The number of hydrogen-bond acceptors (Lipinski definition) is 5. The maximum atomic E-state index is 13.0. The Kier molecular flexibility index (Phi) is 3.41. The van der Waals surface area contributed by atoms with Crippen LogP contribution >= 0.6 is 22.9 Å². The smallest absolute Gasteiger partial charge is 0.276 e. The van der Waals surface area contributed by atoms with Crippen LogP contribution in [0.5, 0.6) is 0 Å². The molecule has 4 nitrogen and oxygen atoms in total. The molecule has 2 aromatic heterocycles. The number of halogens is 3. The Labute approximate surface area is 105 Å². The minimum Gasteiger partial charge on any atom is -0.363 e. The number of fused-ring (bicyclic) bond motifs is 1. The predicted molar refractivity (Wildman–Crippen MR) is 64.9 cm³/mol. The van der Waals surface area contributed by atoms with Gasteiger partial charge in [-0.15, -0.1) is 11.3 Å². The fourth-order valence-electron chi connectivity index (χ4n) is 1.24. The number of thiophene rings is 1. The van der Waals surface area contributed by atoms with Gasteiger partial charge in [0.05, 0.1) is 23.3 Å². The van der Waals surface area contributed by atoms with Crippen molar-refractivity contribution in [1.82, 2.24) is 9.97 Å². The van der Waals surface area contributed by atoms with Crippen LogP contribution in [0.15, 0.2) is 11.4 Å². The van der Waals surface area contributed by atoms with Crippen molar-refractivity contribution in [3.8, 4) is 0 Å². The van der Waals surface area contributed by atoms with Gasteiger partial charge in [-0.3, -0.25) is 0 Å². The summed E-state index contributed by atoms with van der Waals surface area (Å²) < 4.78 is 26.7. The first-order valence-corrected chi connectivity index (χ1v) is 6.00. The number of hydrogen-bond donors (Lipinski definition) is 2. The summed E-state index contributed by atoms with van der Waals surface area (Å²) in [7, 11) is 0. The molecule has 0 aliphatic heterocycles. The summed E-state index contributed by atoms with van der Waals surface area (Å²) in [5.74, 6) is -2.66. The van der Waals surface area contributed by atoms with Crippen molar-refractivity contribution >= 4 is 39.0 Å². The molecule has 0 unspecified atom stereocenters. The Morgan fingerprint density at radius 2 is 2.24 bits per heavy atom. The van der Waals surface area contributed by atoms with Crippen LogP contribution in [0.3, 0.4) is 0 Å². The lowest BCUT2D eigenvalue weighted by Crippen LogP contribution is -2.35. The molecule has 0 radical (unpaired) electrons. The highest BCUT2D eigenvalue weighted by Crippen LogP contribution is 2.27. The maximum Gasteiger partial charge on any atom is 0.276 e. The third-order valence-corrected chi connectivity index (χ3v) is 3.17. The van der Waals surface area contributed by atoms with E-state index in [1.807, 2.05) is 0 Å². The van der Waals surface area contributed by atoms with Crippen LogP contribution < -0.4 is 11.1 Å². The summed E-state index contributed by atoms with van der Waals surface area (Å²) in [5.41, 5.74) is 5.58. The molecular weight excluding hydrogens is 270 g/mol. The van der Waals surface area contributed by atoms with Crippen molar-refractivity contribution in [2.45, 2.75) is 5.92 Å². The molecule has 0 fully saturated rings. The van der Waals surface area contributed by atoms with Gasteiger partial charge in [-0.2, -0.15) is 4.98 Å². The second kappa shape index (κ2) is 4.67. The van der Waals surface area contributed by atoms with E-state index in [0.29, 0.717) is 16.0 Å². The lowest BCUT2D eigenvalue weighted by molar-refractivity contribution is 0.0253. The summed E-state index contributed by atoms with van der Waals surface area (Å²) in [6, 6.07) is 1.75. The first kappa shape index (κ1) is 12.4. The second-order valence-corrected chi connectivity index (χ2v) is 4.64. The Balaban J connectivity index is 2.26. The molecular formula is C9H9ClF2N4S. The van der Waals surface area contributed by atoms with Gasteiger partial charge < -0.3 is 11.1 Å². The highest BCUT2D eigenvalue weighted by molar-refractivity contribution is 7.17. The number of rotatable bonds is 4. The van der Waals surface area contributed by atoms with Crippen molar-refractivity contribution in [3.63, 3.8) is 0 Å². The van der Waals surface area contributed by atoms with Crippen molar-refractivity contribution in [3.05, 3.63) is 16.7 Å². The van der Waals surface area contributed by atoms with Crippen LogP contribution in [0.4, 0.5) is 14.6 Å². The molecule has 0 bridgehead atoms. The van der Waals surface area contributed by atoms with Crippen LogP contribution in [-0.2, 0) is 0 Å². The van der Waals surface area contributed by atoms with E-state index in [4.69, 9.17) is 17.3 Å². The number of nitrogens with zero attached hydrogens (tertiary/aromatic N) is 2. The van der Waals surface area contributed by atoms with E-state index in [2.05, 4.69) is 15.3 Å². The van der Waals surface area contributed by atoms with Gasteiger partial charge in [0.1, 0.15) is 5.82 Å². The third kappa shape index (κ3) is 2.80. The molecule has 2 heterocycles. The van der Waals surface area contributed by atoms with Gasteiger partial charge in [-0.05, 0) is 23.0 Å². The fraction of sp³-hybridized carbons (Fsp3) is 0.333. The molecule has 0 amide bonds. The summed E-state index contributed by atoms with van der Waals surface area (Å²) in [4.78, 5) is 7.86. The van der Waals surface area contributed by atoms with E-state index in [1.54, 1.807) is 11.4 Å². The van der Waals surface area contributed by atoms with E-state index in [-0.39, 0.29) is 5.28 Å². The minimum absolute atomic E-state index is 0.0227. The van der Waals surface area contributed by atoms with Crippen LogP contribution in [0.2, 0.25) is 5.28 Å². The normalized spacial score (nSPS) is 12.0. The van der Waals surface area contributed by atoms with E-state index in [0.717, 1.165) is 0 Å². The molecule has 0 saturated heterocycles. The Hall–Kier alpha value is -1.05. The third-order valence-electron chi connectivity index (χ3n) is 2.09. The lowest BCUT2D eigenvalue weighted by Gasteiger charge is -2.15. The van der Waals surface area contributed by atoms with Gasteiger partial charge >= 0.3 is 0 Å². The lowest BCUT2D eigenvalue weighted by atomic mass is 10.3. The second-order valence-electron chi connectivity index (χ2n) is 3.39. The molecule has 0 aliphatic rings. The zero-order chi connectivity index (χ0) is 12.5. The summed E-state index contributed by atoms with van der Waals surface area (Å²) in [5, 5.41) is 4.37. The predicted octanol–water partition coefficient (Wildman–Crippen LogP) is 2.35. The van der Waals surface area contributed by atoms with Crippen molar-refractivity contribution in [2.24, 2.45) is 5.73 Å². The molecule has 3 N–H and O–H groups in total. The summed E-state index contributed by atoms with van der Waals surface area (Å²) in [6.45, 7) is -1.30. The van der Waals surface area contributed by atoms with Gasteiger partial charge in [0.25, 0.3) is 5.92 Å². The van der Waals surface area contributed by atoms with Crippen molar-refractivity contribution in [2.75, 3.05) is 18.4 Å². The highest BCUT2D eigenvalue weighted by Gasteiger charge is 2.26. The summed E-state index contributed by atoms with van der Waals surface area (Å²) in [6.07, 6.45) is 0. The van der Waals surface area contributed by atoms with Crippen LogP contribution in [0.25, 0.3) is 10.2 Å². The number of nitrogens with two attached hydrogens (primary N) is 1. The van der Waals surface area contributed by atoms with Gasteiger partial charge in [0, 0.05) is 0 Å². The average Bonchev–Trinajstić information content (AvgIpc) is 2.73. The topological polar surface area (TPSA) is 63.8 Å². The summed E-state index contributed by atoms with van der Waals surface area (Å²) >= 11 is 7.05. The Morgan fingerprint density at radius 3 is 2.94 bits per heavy atom. The maximum absolute atomic E-state index is 13.0. The molecule has 0 saturated carbocycles. The van der Waals surface area contributed by atoms with Gasteiger partial charge in [-0.25, -0.2) is 13.8 Å². The zero-order valence-corrected chi connectivity index (χ0v) is 10.2. The molecule has 0 aliphatic carbocycles. The molecule has 0 spiro atoms. The van der Waals surface area contributed by atoms with Crippen LogP contribution in [0.1, 0.15) is 0 Å². The fourth-order valence-corrected chi connectivity index (χ4v) is 2.21. The van der Waals surface area contributed by atoms with Gasteiger partial charge in [0.15, 0.2) is 0 Å². The number of nitrogens with one attached hydrogen (secondary N) is 1. The van der Waals surface area contributed by atoms with Crippen LogP contribution in [0, 0.1) is 0 Å². The van der Waals surface area contributed by atoms with E-state index in [9.17, 15) is 8.78 Å².